The van der Waals surface area contributed by atoms with E-state index in [9.17, 15) is 14.4 Å². The number of carbonyl (C=O) groups is 2. The van der Waals surface area contributed by atoms with Gasteiger partial charge in [0.05, 0.1) is 6.07 Å². The van der Waals surface area contributed by atoms with Crippen LogP contribution in [0, 0.1) is 18.2 Å². The maximum absolute atomic E-state index is 11.7. The number of hydrogen-bond donors (Lipinski definition) is 1. The summed E-state index contributed by atoms with van der Waals surface area (Å²) in [7, 11) is 1.98. The predicted octanol–water partition coefficient (Wildman–Crippen LogP) is 5.58. The summed E-state index contributed by atoms with van der Waals surface area (Å²) in [4.78, 5) is 32.8. The number of allylic oxidation sites excluding steroid dienone is 8. The number of rotatable bonds is 4. The highest BCUT2D eigenvalue weighted by Gasteiger charge is 2.01. The fourth-order valence-electron chi connectivity index (χ4n) is 2.77. The van der Waals surface area contributed by atoms with Gasteiger partial charge in [0, 0.05) is 44.6 Å². The van der Waals surface area contributed by atoms with Crippen molar-refractivity contribution in [3.63, 3.8) is 0 Å². The van der Waals surface area contributed by atoms with Crippen molar-refractivity contribution in [3.05, 3.63) is 112 Å². The third-order valence-corrected chi connectivity index (χ3v) is 4.80. The standard InChI is InChI=1S/C12H11NO.C7H5NO.C7H8O.C5H13N/c1-10-7-8-12(14)13(9-10)11-5-3-2-4-6-11;8-5-6-1-3-7(9)4-2-6;1-6-2-4-7(8)5-3-6;1-3-4-5-6-2/h2-9H,1H3;1-3H,4H2;2-4H,5H2,1H3;6H,3-5H2,1-2H3/i1D3;;1D3;. The second-order valence-electron chi connectivity index (χ2n) is 7.86. The fourth-order valence-corrected chi connectivity index (χ4v) is 2.77. The molecule has 2 aliphatic carbocycles. The Hall–Kier alpha value is -4.08. The Balaban J connectivity index is 0.000000309. The average molecular weight is 506 g/mol. The van der Waals surface area contributed by atoms with Gasteiger partial charge in [-0.2, -0.15) is 5.26 Å². The molecule has 6 nitrogen and oxygen atoms in total. The lowest BCUT2D eigenvalue weighted by Crippen LogP contribution is -2.16. The molecule has 2 aromatic rings. The van der Waals surface area contributed by atoms with Crippen molar-refractivity contribution in [1.29, 1.82) is 5.26 Å². The van der Waals surface area contributed by atoms with E-state index in [1.54, 1.807) is 30.3 Å². The first kappa shape index (κ1) is 22.1. The third-order valence-electron chi connectivity index (χ3n) is 4.80. The number of nitriles is 1. The highest BCUT2D eigenvalue weighted by Crippen LogP contribution is 2.06. The first-order chi connectivity index (χ1) is 20.2. The van der Waals surface area contributed by atoms with Gasteiger partial charge in [0.25, 0.3) is 5.56 Å². The summed E-state index contributed by atoms with van der Waals surface area (Å²) in [5.74, 6) is 0.0204. The number of carbonyl (C=O) groups excluding carboxylic acids is 2. The predicted molar refractivity (Wildman–Crippen MR) is 151 cm³/mol. The molecule has 0 saturated heterocycles. The van der Waals surface area contributed by atoms with Gasteiger partial charge in [-0.3, -0.25) is 19.0 Å². The van der Waals surface area contributed by atoms with Crippen LogP contribution in [0.4, 0.5) is 0 Å². The van der Waals surface area contributed by atoms with Crippen molar-refractivity contribution in [2.75, 3.05) is 13.6 Å². The smallest absolute Gasteiger partial charge is 0.255 e. The van der Waals surface area contributed by atoms with Crippen LogP contribution in [0.1, 0.15) is 53.2 Å². The van der Waals surface area contributed by atoms with Crippen LogP contribution in [0.25, 0.3) is 5.69 Å². The number of aromatic nitrogens is 1. The van der Waals surface area contributed by atoms with Gasteiger partial charge in [0.2, 0.25) is 0 Å². The summed E-state index contributed by atoms with van der Waals surface area (Å²) in [6.45, 7) is -0.921. The van der Waals surface area contributed by atoms with E-state index in [-0.39, 0.29) is 34.7 Å². The van der Waals surface area contributed by atoms with Gasteiger partial charge in [-0.1, -0.05) is 61.4 Å². The molecule has 1 aromatic heterocycles. The molecule has 1 aromatic carbocycles. The monoisotopic (exact) mass is 505 g/mol. The number of benzene rings is 1. The van der Waals surface area contributed by atoms with Gasteiger partial charge in [0.15, 0.2) is 11.6 Å². The molecule has 0 bridgehead atoms. The molecule has 194 valence electrons. The van der Waals surface area contributed by atoms with Gasteiger partial charge in [-0.25, -0.2) is 0 Å². The molecular formula is C31H37N3O3. The van der Waals surface area contributed by atoms with Gasteiger partial charge < -0.3 is 5.32 Å². The number of nitrogens with one attached hydrogen (secondary N) is 1. The van der Waals surface area contributed by atoms with E-state index >= 15 is 0 Å². The van der Waals surface area contributed by atoms with Crippen LogP contribution >= 0.6 is 0 Å². The van der Waals surface area contributed by atoms with E-state index in [0.29, 0.717) is 17.7 Å². The molecule has 0 amide bonds. The lowest BCUT2D eigenvalue weighted by atomic mass is 10.1. The Morgan fingerprint density at radius 1 is 0.946 bits per heavy atom. The first-order valence-corrected chi connectivity index (χ1v) is 11.9. The molecule has 0 saturated carbocycles. The Kier molecular flexibility index (Phi) is 10.9. The van der Waals surface area contributed by atoms with Crippen LogP contribution in [-0.2, 0) is 9.59 Å². The van der Waals surface area contributed by atoms with Crippen molar-refractivity contribution in [2.45, 2.75) is 46.3 Å². The number of hydrogen-bond acceptors (Lipinski definition) is 5. The zero-order valence-electron chi connectivity index (χ0n) is 27.2. The van der Waals surface area contributed by atoms with Gasteiger partial charge in [-0.05, 0) is 69.6 Å². The Bertz CT molecular complexity index is 1420. The number of unbranched alkanes of at least 4 members (excludes halogenated alkanes) is 1. The highest BCUT2D eigenvalue weighted by molar-refractivity contribution is 5.93. The Morgan fingerprint density at radius 3 is 2.14 bits per heavy atom. The van der Waals surface area contributed by atoms with Gasteiger partial charge in [0.1, 0.15) is 0 Å². The van der Waals surface area contributed by atoms with Gasteiger partial charge in [-0.15, -0.1) is 0 Å². The zero-order chi connectivity index (χ0) is 32.5. The van der Waals surface area contributed by atoms with E-state index in [1.165, 1.54) is 66.1 Å². The van der Waals surface area contributed by atoms with Crippen molar-refractivity contribution in [2.24, 2.45) is 0 Å². The topological polar surface area (TPSA) is 92.0 Å². The minimum Gasteiger partial charge on any atom is -0.320 e. The molecule has 0 unspecified atom stereocenters. The summed E-state index contributed by atoms with van der Waals surface area (Å²) in [6.07, 6.45) is 13.3. The van der Waals surface area contributed by atoms with Crippen molar-refractivity contribution in [3.8, 4) is 11.8 Å². The molecule has 1 N–H and O–H groups in total. The second kappa shape index (κ2) is 18.2. The molecule has 0 fully saturated rings. The molecule has 2 aliphatic rings. The minimum absolute atomic E-state index is 0.0435. The van der Waals surface area contributed by atoms with E-state index in [2.05, 4.69) is 12.2 Å². The molecule has 37 heavy (non-hydrogen) atoms. The number of ketones is 2. The van der Waals surface area contributed by atoms with Crippen molar-refractivity contribution < 1.29 is 17.8 Å². The zero-order valence-corrected chi connectivity index (χ0v) is 21.2. The van der Waals surface area contributed by atoms with Crippen LogP contribution in [0.5, 0.6) is 0 Å². The Labute approximate surface area is 228 Å². The van der Waals surface area contributed by atoms with Crippen molar-refractivity contribution >= 4 is 11.6 Å². The van der Waals surface area contributed by atoms with E-state index < -0.39 is 13.7 Å². The second-order valence-corrected chi connectivity index (χ2v) is 7.86. The summed E-state index contributed by atoms with van der Waals surface area (Å²) in [5.41, 5.74) is 1.40. The van der Waals surface area contributed by atoms with Crippen LogP contribution in [-0.4, -0.2) is 29.7 Å². The maximum Gasteiger partial charge on any atom is 0.255 e. The summed E-state index contributed by atoms with van der Waals surface area (Å²) >= 11 is 0. The number of nitrogens with zero attached hydrogens (tertiary/aromatic N) is 2. The summed E-state index contributed by atoms with van der Waals surface area (Å²) < 4.78 is 44.3. The first-order valence-electron chi connectivity index (χ1n) is 14.9. The quantitative estimate of drug-likeness (QED) is 0.548. The lowest BCUT2D eigenvalue weighted by Gasteiger charge is -2.05. The molecule has 0 aliphatic heterocycles. The molecular weight excluding hydrogens is 462 g/mol. The maximum atomic E-state index is 11.7. The molecule has 0 atom stereocenters. The third kappa shape index (κ3) is 13.6. The van der Waals surface area contributed by atoms with E-state index in [1.807, 2.05) is 19.2 Å². The average Bonchev–Trinajstić information content (AvgIpc) is 2.97. The number of aryl methyl sites for hydroxylation is 1. The molecule has 0 spiro atoms. The van der Waals surface area contributed by atoms with E-state index in [4.69, 9.17) is 13.5 Å². The van der Waals surface area contributed by atoms with Crippen molar-refractivity contribution in [1.82, 2.24) is 9.88 Å². The fraction of sp³-hybridized carbons (Fsp3) is 0.290. The van der Waals surface area contributed by atoms with Crippen LogP contribution < -0.4 is 10.9 Å². The minimum atomic E-state index is -2.20. The SMILES string of the molecule is CCCCNC.N#CC1=CCC(=O)C=C1.[2H]C([2H])([2H])C1=CCC(=O)C=C1.[2H]C([2H])([2H])c1ccc(=O)n(-c2ccccc2)c1. The largest absolute Gasteiger partial charge is 0.320 e. The molecule has 0 radical (unpaired) electrons. The number of pyridine rings is 1. The van der Waals surface area contributed by atoms with Gasteiger partial charge >= 0.3 is 0 Å². The molecule has 4 rings (SSSR count). The highest BCUT2D eigenvalue weighted by atomic mass is 16.1. The normalized spacial score (nSPS) is 16.5. The van der Waals surface area contributed by atoms with Crippen LogP contribution in [0.3, 0.4) is 0 Å². The molecule has 1 heterocycles. The Morgan fingerprint density at radius 2 is 1.65 bits per heavy atom. The summed E-state index contributed by atoms with van der Waals surface area (Å²) in [6, 6.07) is 13.5. The van der Waals surface area contributed by atoms with Crippen LogP contribution in [0.15, 0.2) is 101 Å². The molecule has 6 heteroatoms. The van der Waals surface area contributed by atoms with E-state index in [0.717, 1.165) is 6.54 Å². The van der Waals surface area contributed by atoms with Crippen LogP contribution in [0.2, 0.25) is 0 Å². The summed E-state index contributed by atoms with van der Waals surface area (Å²) in [5, 5.41) is 11.4. The lowest BCUT2D eigenvalue weighted by molar-refractivity contribution is -0.114. The number of para-hydroxylation sites is 1.